The minimum Gasteiger partial charge on any atom is -0.340 e. The van der Waals surface area contributed by atoms with Crippen LogP contribution in [0.4, 0.5) is 0 Å². The lowest BCUT2D eigenvalue weighted by Gasteiger charge is -2.43. The summed E-state index contributed by atoms with van der Waals surface area (Å²) in [6.07, 6.45) is 8.37. The fourth-order valence-electron chi connectivity index (χ4n) is 4.29. The molecule has 3 rings (SSSR count). The van der Waals surface area contributed by atoms with Crippen molar-refractivity contribution >= 4 is 17.5 Å². The number of benzene rings is 1. The van der Waals surface area contributed by atoms with Gasteiger partial charge in [-0.1, -0.05) is 29.8 Å². The summed E-state index contributed by atoms with van der Waals surface area (Å²) in [5.74, 6) is 0.145. The first-order valence-corrected chi connectivity index (χ1v) is 10.0. The average Bonchev–Trinajstić information content (AvgIpc) is 2.69. The molecule has 1 aromatic carbocycles. The monoisotopic (exact) mass is 385 g/mol. The van der Waals surface area contributed by atoms with Gasteiger partial charge in [0.2, 0.25) is 5.91 Å². The van der Waals surface area contributed by atoms with Gasteiger partial charge >= 0.3 is 0 Å². The van der Waals surface area contributed by atoms with E-state index in [4.69, 9.17) is 17.3 Å². The van der Waals surface area contributed by atoms with Crippen LogP contribution < -0.4 is 5.73 Å². The number of hydrogen-bond donors (Lipinski definition) is 1. The number of amides is 1. The molecule has 2 N–H and O–H groups in total. The lowest BCUT2D eigenvalue weighted by atomic mass is 9.68. The molecule has 0 unspecified atom stereocenters. The van der Waals surface area contributed by atoms with Crippen LogP contribution in [0, 0.1) is 0 Å². The Balaban J connectivity index is 1.67. The highest BCUT2D eigenvalue weighted by molar-refractivity contribution is 6.30. The van der Waals surface area contributed by atoms with Crippen LogP contribution in [-0.2, 0) is 16.6 Å². The first-order valence-electron chi connectivity index (χ1n) is 9.66. The second-order valence-electron chi connectivity index (χ2n) is 7.55. The zero-order valence-electron chi connectivity index (χ0n) is 15.9. The average molecular weight is 386 g/mol. The van der Waals surface area contributed by atoms with Crippen LogP contribution in [0.1, 0.15) is 43.7 Å². The SMILES string of the molecule is CC(=O)N(CCc1cccnc1)[C@H]1CC[C@](CN)(c2cccc(Cl)c2)CC1. The van der Waals surface area contributed by atoms with Gasteiger partial charge in [-0.05, 0) is 61.4 Å². The van der Waals surface area contributed by atoms with Crippen LogP contribution in [-0.4, -0.2) is 34.9 Å². The van der Waals surface area contributed by atoms with E-state index in [0.717, 1.165) is 49.2 Å². The Bertz CT molecular complexity index is 757. The Hall–Kier alpha value is -1.91. The van der Waals surface area contributed by atoms with Crippen LogP contribution in [0.5, 0.6) is 0 Å². The molecule has 0 aliphatic heterocycles. The van der Waals surface area contributed by atoms with E-state index >= 15 is 0 Å². The summed E-state index contributed by atoms with van der Waals surface area (Å²) in [4.78, 5) is 18.5. The predicted octanol–water partition coefficient (Wildman–Crippen LogP) is 3.97. The van der Waals surface area contributed by atoms with Gasteiger partial charge in [0.1, 0.15) is 0 Å². The third-order valence-electron chi connectivity index (χ3n) is 5.95. The zero-order valence-corrected chi connectivity index (χ0v) is 16.7. The number of aromatic nitrogens is 1. The minimum atomic E-state index is -0.0345. The Morgan fingerprint density at radius 3 is 2.67 bits per heavy atom. The summed E-state index contributed by atoms with van der Waals surface area (Å²) in [6.45, 7) is 3.01. The Morgan fingerprint density at radius 2 is 2.07 bits per heavy atom. The lowest BCUT2D eigenvalue weighted by Crippen LogP contribution is -2.47. The first kappa shape index (κ1) is 19.8. The van der Waals surface area contributed by atoms with E-state index < -0.39 is 0 Å². The Kier molecular flexibility index (Phi) is 6.51. The molecule has 0 saturated heterocycles. The molecule has 144 valence electrons. The van der Waals surface area contributed by atoms with E-state index in [2.05, 4.69) is 17.1 Å². The molecule has 0 bridgehead atoms. The van der Waals surface area contributed by atoms with Crippen molar-refractivity contribution in [1.29, 1.82) is 0 Å². The maximum atomic E-state index is 12.3. The van der Waals surface area contributed by atoms with E-state index in [9.17, 15) is 4.79 Å². The van der Waals surface area contributed by atoms with Crippen molar-refractivity contribution in [2.24, 2.45) is 5.73 Å². The van der Waals surface area contributed by atoms with Crippen molar-refractivity contribution in [3.63, 3.8) is 0 Å². The van der Waals surface area contributed by atoms with Crippen molar-refractivity contribution < 1.29 is 4.79 Å². The predicted molar refractivity (Wildman–Crippen MR) is 110 cm³/mol. The van der Waals surface area contributed by atoms with Crippen LogP contribution in [0.2, 0.25) is 5.02 Å². The molecule has 1 aliphatic rings. The standard InChI is InChI=1S/C22H28ClN3O/c1-17(27)26(13-9-18-4-3-12-25-15-18)21-7-10-22(16-24,11-8-21)19-5-2-6-20(23)14-19/h2-6,12,14-15,21H,7-11,13,16,24H2,1H3/t21-,22-. The van der Waals surface area contributed by atoms with Crippen molar-refractivity contribution in [2.75, 3.05) is 13.1 Å². The summed E-state index contributed by atoms with van der Waals surface area (Å²) in [7, 11) is 0. The third-order valence-corrected chi connectivity index (χ3v) is 6.18. The highest BCUT2D eigenvalue weighted by Crippen LogP contribution is 2.40. The maximum absolute atomic E-state index is 12.3. The van der Waals surface area contributed by atoms with E-state index in [1.54, 1.807) is 13.1 Å². The van der Waals surface area contributed by atoms with E-state index in [-0.39, 0.29) is 17.4 Å². The van der Waals surface area contributed by atoms with Crippen molar-refractivity contribution in [1.82, 2.24) is 9.88 Å². The van der Waals surface area contributed by atoms with Crippen LogP contribution in [0.3, 0.4) is 0 Å². The van der Waals surface area contributed by atoms with Crippen LogP contribution in [0.25, 0.3) is 0 Å². The number of pyridine rings is 1. The second kappa shape index (κ2) is 8.85. The summed E-state index contributed by atoms with van der Waals surface area (Å²) >= 11 is 6.20. The minimum absolute atomic E-state index is 0.0345. The summed E-state index contributed by atoms with van der Waals surface area (Å²) in [5.41, 5.74) is 8.56. The van der Waals surface area contributed by atoms with Gasteiger partial charge < -0.3 is 10.6 Å². The number of carbonyl (C=O) groups excluding carboxylic acids is 1. The largest absolute Gasteiger partial charge is 0.340 e. The molecule has 0 radical (unpaired) electrons. The Labute approximate surface area is 166 Å². The first-order chi connectivity index (χ1) is 13.0. The van der Waals surface area contributed by atoms with Crippen molar-refractivity contribution in [3.8, 4) is 0 Å². The van der Waals surface area contributed by atoms with Gasteiger partial charge in [-0.25, -0.2) is 0 Å². The van der Waals surface area contributed by atoms with Crippen LogP contribution >= 0.6 is 11.6 Å². The van der Waals surface area contributed by atoms with Gasteiger partial charge in [0, 0.05) is 48.9 Å². The maximum Gasteiger partial charge on any atom is 0.219 e. The molecule has 4 nitrogen and oxygen atoms in total. The zero-order chi connectivity index (χ0) is 19.3. The van der Waals surface area contributed by atoms with Gasteiger partial charge in [0.15, 0.2) is 0 Å². The van der Waals surface area contributed by atoms with E-state index in [0.29, 0.717) is 6.54 Å². The number of carbonyl (C=O) groups is 1. The van der Waals surface area contributed by atoms with E-state index in [1.165, 1.54) is 5.56 Å². The molecule has 1 saturated carbocycles. The topological polar surface area (TPSA) is 59.2 Å². The molecular weight excluding hydrogens is 358 g/mol. The fourth-order valence-corrected chi connectivity index (χ4v) is 4.48. The fraction of sp³-hybridized carbons (Fsp3) is 0.455. The number of hydrogen-bond acceptors (Lipinski definition) is 3. The molecule has 0 spiro atoms. The molecule has 1 aromatic heterocycles. The van der Waals surface area contributed by atoms with Gasteiger partial charge in [-0.15, -0.1) is 0 Å². The third kappa shape index (κ3) is 4.69. The molecule has 1 fully saturated rings. The second-order valence-corrected chi connectivity index (χ2v) is 7.99. The van der Waals surface area contributed by atoms with Gasteiger partial charge in [0.05, 0.1) is 0 Å². The van der Waals surface area contributed by atoms with E-state index in [1.807, 2.05) is 35.4 Å². The Morgan fingerprint density at radius 1 is 1.30 bits per heavy atom. The number of rotatable bonds is 6. The van der Waals surface area contributed by atoms with Crippen LogP contribution in [0.15, 0.2) is 48.8 Å². The normalized spacial score (nSPS) is 22.4. The van der Waals surface area contributed by atoms with Gasteiger partial charge in [-0.3, -0.25) is 9.78 Å². The van der Waals surface area contributed by atoms with Gasteiger partial charge in [-0.2, -0.15) is 0 Å². The van der Waals surface area contributed by atoms with Crippen molar-refractivity contribution in [2.45, 2.75) is 50.5 Å². The summed E-state index contributed by atoms with van der Waals surface area (Å²) in [6, 6.07) is 12.3. The highest BCUT2D eigenvalue weighted by atomic mass is 35.5. The molecule has 2 aromatic rings. The molecule has 1 aliphatic carbocycles. The van der Waals surface area contributed by atoms with Crippen molar-refractivity contribution in [3.05, 3.63) is 64.9 Å². The lowest BCUT2D eigenvalue weighted by molar-refractivity contribution is -0.132. The van der Waals surface area contributed by atoms with Gasteiger partial charge in [0.25, 0.3) is 0 Å². The molecule has 5 heteroatoms. The smallest absolute Gasteiger partial charge is 0.219 e. The molecule has 27 heavy (non-hydrogen) atoms. The molecule has 1 heterocycles. The number of nitrogens with two attached hydrogens (primary N) is 1. The quantitative estimate of drug-likeness (QED) is 0.818. The molecule has 0 atom stereocenters. The molecule has 1 amide bonds. The number of nitrogens with zero attached hydrogens (tertiary/aromatic N) is 2. The molecular formula is C22H28ClN3O. The summed E-state index contributed by atoms with van der Waals surface area (Å²) < 4.78 is 0. The number of halogens is 1. The highest BCUT2D eigenvalue weighted by Gasteiger charge is 2.38. The summed E-state index contributed by atoms with van der Waals surface area (Å²) in [5, 5.41) is 0.754.